The summed E-state index contributed by atoms with van der Waals surface area (Å²) in [6.45, 7) is 2.00. The lowest BCUT2D eigenvalue weighted by Crippen LogP contribution is -2.23. The van der Waals surface area contributed by atoms with Gasteiger partial charge in [-0.3, -0.25) is 0 Å². The standard InChI is InChI=1S/C17H18N2O2/c1-2-3-13-18-17(20)19-14-9-11-16(12-10-14)21-15-7-5-4-6-8-15/h3-13H,2H2,1H3,(H2,18,19,20)/b13-3+. The van der Waals surface area contributed by atoms with E-state index in [0.29, 0.717) is 5.69 Å². The van der Waals surface area contributed by atoms with Gasteiger partial charge >= 0.3 is 6.03 Å². The molecule has 0 saturated heterocycles. The van der Waals surface area contributed by atoms with Crippen LogP contribution in [0.15, 0.2) is 66.9 Å². The molecule has 2 aromatic carbocycles. The molecule has 4 nitrogen and oxygen atoms in total. The normalized spacial score (nSPS) is 10.3. The molecule has 0 atom stereocenters. The molecule has 2 amide bonds. The highest BCUT2D eigenvalue weighted by molar-refractivity contribution is 5.89. The molecule has 0 aliphatic heterocycles. The Bertz CT molecular complexity index is 592. The summed E-state index contributed by atoms with van der Waals surface area (Å²) in [5.74, 6) is 1.50. The molecule has 0 unspecified atom stereocenters. The van der Waals surface area contributed by atoms with Gasteiger partial charge in [0.05, 0.1) is 0 Å². The zero-order chi connectivity index (χ0) is 14.9. The zero-order valence-corrected chi connectivity index (χ0v) is 11.9. The molecule has 2 aromatic rings. The van der Waals surface area contributed by atoms with E-state index in [4.69, 9.17) is 4.74 Å². The second-order valence-corrected chi connectivity index (χ2v) is 4.35. The van der Waals surface area contributed by atoms with Crippen molar-refractivity contribution in [1.29, 1.82) is 0 Å². The number of rotatable bonds is 5. The monoisotopic (exact) mass is 282 g/mol. The average molecular weight is 282 g/mol. The summed E-state index contributed by atoms with van der Waals surface area (Å²) in [6, 6.07) is 16.5. The van der Waals surface area contributed by atoms with Crippen molar-refractivity contribution in [1.82, 2.24) is 5.32 Å². The molecule has 0 aromatic heterocycles. The van der Waals surface area contributed by atoms with E-state index in [1.165, 1.54) is 0 Å². The minimum Gasteiger partial charge on any atom is -0.457 e. The fourth-order valence-electron chi connectivity index (χ4n) is 1.65. The number of allylic oxidation sites excluding steroid dienone is 1. The molecule has 108 valence electrons. The number of amides is 2. The summed E-state index contributed by atoms with van der Waals surface area (Å²) in [7, 11) is 0. The second kappa shape index (κ2) is 7.75. The number of carbonyl (C=O) groups is 1. The predicted octanol–water partition coefficient (Wildman–Crippen LogP) is 4.52. The van der Waals surface area contributed by atoms with Gasteiger partial charge in [-0.1, -0.05) is 31.2 Å². The smallest absolute Gasteiger partial charge is 0.323 e. The fraction of sp³-hybridized carbons (Fsp3) is 0.118. The third kappa shape index (κ3) is 5.03. The number of carbonyl (C=O) groups excluding carboxylic acids is 1. The minimum absolute atomic E-state index is 0.267. The molecule has 0 heterocycles. The van der Waals surface area contributed by atoms with Crippen molar-refractivity contribution in [3.05, 3.63) is 66.9 Å². The van der Waals surface area contributed by atoms with Crippen molar-refractivity contribution >= 4 is 11.7 Å². The number of anilines is 1. The first-order valence-corrected chi connectivity index (χ1v) is 6.83. The van der Waals surface area contributed by atoms with Crippen molar-refractivity contribution in [2.45, 2.75) is 13.3 Å². The van der Waals surface area contributed by atoms with Gasteiger partial charge in [-0.25, -0.2) is 4.79 Å². The van der Waals surface area contributed by atoms with Crippen LogP contribution >= 0.6 is 0 Å². The lowest BCUT2D eigenvalue weighted by atomic mass is 10.3. The number of nitrogens with one attached hydrogen (secondary N) is 2. The Labute approximate surface area is 124 Å². The summed E-state index contributed by atoms with van der Waals surface area (Å²) in [5.41, 5.74) is 0.706. The van der Waals surface area contributed by atoms with Gasteiger partial charge < -0.3 is 15.4 Å². The molecule has 0 radical (unpaired) electrons. The van der Waals surface area contributed by atoms with Crippen LogP contribution in [0.5, 0.6) is 11.5 Å². The van der Waals surface area contributed by atoms with Gasteiger partial charge in [-0.05, 0) is 42.8 Å². The SMILES string of the molecule is CC/C=C/NC(=O)Nc1ccc(Oc2ccccc2)cc1. The highest BCUT2D eigenvalue weighted by Crippen LogP contribution is 2.22. The molecule has 0 bridgehead atoms. The third-order valence-electron chi connectivity index (χ3n) is 2.66. The number of urea groups is 1. The van der Waals surface area contributed by atoms with Gasteiger partial charge in [0, 0.05) is 11.9 Å². The third-order valence-corrected chi connectivity index (χ3v) is 2.66. The first kappa shape index (κ1) is 14.7. The summed E-state index contributed by atoms with van der Waals surface area (Å²) in [4.78, 5) is 11.6. The van der Waals surface area contributed by atoms with E-state index in [0.717, 1.165) is 17.9 Å². The zero-order valence-electron chi connectivity index (χ0n) is 11.9. The van der Waals surface area contributed by atoms with Crippen LogP contribution in [0.2, 0.25) is 0 Å². The minimum atomic E-state index is -0.267. The number of para-hydroxylation sites is 1. The molecule has 2 rings (SSSR count). The maximum atomic E-state index is 11.6. The highest BCUT2D eigenvalue weighted by atomic mass is 16.5. The van der Waals surface area contributed by atoms with Crippen molar-refractivity contribution in [2.24, 2.45) is 0 Å². The summed E-state index contributed by atoms with van der Waals surface area (Å²) < 4.78 is 5.68. The van der Waals surface area contributed by atoms with Crippen LogP contribution in [0.3, 0.4) is 0 Å². The molecule has 2 N–H and O–H groups in total. The van der Waals surface area contributed by atoms with Gasteiger partial charge in [0.2, 0.25) is 0 Å². The Hall–Kier alpha value is -2.75. The quantitative estimate of drug-likeness (QED) is 0.846. The van der Waals surface area contributed by atoms with E-state index in [9.17, 15) is 4.79 Å². The molecular formula is C17H18N2O2. The van der Waals surface area contributed by atoms with E-state index in [-0.39, 0.29) is 6.03 Å². The first-order valence-electron chi connectivity index (χ1n) is 6.83. The molecule has 0 aliphatic rings. The Morgan fingerprint density at radius 1 is 1.05 bits per heavy atom. The summed E-state index contributed by atoms with van der Waals surface area (Å²) in [5, 5.41) is 5.36. The van der Waals surface area contributed by atoms with E-state index in [1.807, 2.05) is 55.5 Å². The Balaban J connectivity index is 1.90. The van der Waals surface area contributed by atoms with Crippen LogP contribution in [0.1, 0.15) is 13.3 Å². The number of benzene rings is 2. The maximum absolute atomic E-state index is 11.6. The second-order valence-electron chi connectivity index (χ2n) is 4.35. The van der Waals surface area contributed by atoms with Crippen molar-refractivity contribution in [3.63, 3.8) is 0 Å². The van der Waals surface area contributed by atoms with Crippen LogP contribution in [0.4, 0.5) is 10.5 Å². The van der Waals surface area contributed by atoms with Crippen LogP contribution < -0.4 is 15.4 Å². The Morgan fingerprint density at radius 3 is 2.38 bits per heavy atom. The van der Waals surface area contributed by atoms with Crippen molar-refractivity contribution in [3.8, 4) is 11.5 Å². The van der Waals surface area contributed by atoms with Crippen LogP contribution in [-0.2, 0) is 0 Å². The van der Waals surface area contributed by atoms with Gasteiger partial charge in [0.1, 0.15) is 11.5 Å². The van der Waals surface area contributed by atoms with Gasteiger partial charge in [-0.2, -0.15) is 0 Å². The van der Waals surface area contributed by atoms with Crippen LogP contribution in [0, 0.1) is 0 Å². The van der Waals surface area contributed by atoms with Gasteiger partial charge in [-0.15, -0.1) is 0 Å². The average Bonchev–Trinajstić information content (AvgIpc) is 2.51. The molecule has 0 saturated carbocycles. The van der Waals surface area contributed by atoms with Crippen LogP contribution in [-0.4, -0.2) is 6.03 Å². The van der Waals surface area contributed by atoms with E-state index in [1.54, 1.807) is 18.3 Å². The molecule has 0 aliphatic carbocycles. The number of hydrogen-bond donors (Lipinski definition) is 2. The lowest BCUT2D eigenvalue weighted by Gasteiger charge is -2.07. The first-order chi connectivity index (χ1) is 10.3. The molecule has 21 heavy (non-hydrogen) atoms. The molecular weight excluding hydrogens is 264 g/mol. The predicted molar refractivity (Wildman–Crippen MR) is 84.5 cm³/mol. The summed E-state index contributed by atoms with van der Waals surface area (Å²) >= 11 is 0. The van der Waals surface area contributed by atoms with Crippen molar-refractivity contribution in [2.75, 3.05) is 5.32 Å². The van der Waals surface area contributed by atoms with Crippen molar-refractivity contribution < 1.29 is 9.53 Å². The highest BCUT2D eigenvalue weighted by Gasteiger charge is 2.00. The number of ether oxygens (including phenoxy) is 1. The summed E-state index contributed by atoms with van der Waals surface area (Å²) in [6.07, 6.45) is 4.38. The fourth-order valence-corrected chi connectivity index (χ4v) is 1.65. The van der Waals surface area contributed by atoms with E-state index < -0.39 is 0 Å². The largest absolute Gasteiger partial charge is 0.457 e. The molecule has 0 fully saturated rings. The van der Waals surface area contributed by atoms with Crippen LogP contribution in [0.25, 0.3) is 0 Å². The Kier molecular flexibility index (Phi) is 5.41. The van der Waals surface area contributed by atoms with E-state index in [2.05, 4.69) is 10.6 Å². The van der Waals surface area contributed by atoms with Gasteiger partial charge in [0.25, 0.3) is 0 Å². The molecule has 0 spiro atoms. The number of hydrogen-bond acceptors (Lipinski definition) is 2. The maximum Gasteiger partial charge on any atom is 0.323 e. The lowest BCUT2D eigenvalue weighted by molar-refractivity contribution is 0.255. The Morgan fingerprint density at radius 2 is 1.71 bits per heavy atom. The topological polar surface area (TPSA) is 50.4 Å². The van der Waals surface area contributed by atoms with E-state index >= 15 is 0 Å². The van der Waals surface area contributed by atoms with Gasteiger partial charge in [0.15, 0.2) is 0 Å². The molecule has 4 heteroatoms.